The van der Waals surface area contributed by atoms with Gasteiger partial charge in [0.15, 0.2) is 18.1 Å². The molecule has 0 aliphatic rings. The Bertz CT molecular complexity index is 808. The summed E-state index contributed by atoms with van der Waals surface area (Å²) in [5, 5.41) is 2.97. The zero-order valence-corrected chi connectivity index (χ0v) is 15.8. The maximum absolute atomic E-state index is 12.4. The van der Waals surface area contributed by atoms with Crippen molar-refractivity contribution in [2.45, 2.75) is 6.42 Å². The minimum Gasteiger partial charge on any atom is -0.497 e. The van der Waals surface area contributed by atoms with Crippen molar-refractivity contribution in [2.24, 2.45) is 5.73 Å². The Morgan fingerprint density at radius 1 is 1.11 bits per heavy atom. The average Bonchev–Trinajstić information content (AvgIpc) is 2.66. The van der Waals surface area contributed by atoms with Crippen molar-refractivity contribution in [1.29, 1.82) is 0 Å². The summed E-state index contributed by atoms with van der Waals surface area (Å²) in [7, 11) is 3.02. The molecule has 3 N–H and O–H groups in total. The smallest absolute Gasteiger partial charge is 0.255 e. The molecule has 144 valence electrons. The summed E-state index contributed by atoms with van der Waals surface area (Å²) in [5.41, 5.74) is 6.45. The first kappa shape index (κ1) is 20.4. The van der Waals surface area contributed by atoms with Crippen LogP contribution in [-0.4, -0.2) is 39.2 Å². The second-order valence-electron chi connectivity index (χ2n) is 5.60. The van der Waals surface area contributed by atoms with Gasteiger partial charge >= 0.3 is 0 Å². The van der Waals surface area contributed by atoms with E-state index in [0.717, 1.165) is 11.3 Å². The number of methoxy groups -OCH3 is 2. The quantitative estimate of drug-likeness (QED) is 0.681. The zero-order chi connectivity index (χ0) is 19.8. The van der Waals surface area contributed by atoms with Crippen LogP contribution in [0.4, 0.5) is 0 Å². The Hall–Kier alpha value is -2.93. The van der Waals surface area contributed by atoms with E-state index in [0.29, 0.717) is 18.5 Å². The van der Waals surface area contributed by atoms with Crippen LogP contribution in [0.5, 0.6) is 17.2 Å². The molecule has 0 bridgehead atoms. The summed E-state index contributed by atoms with van der Waals surface area (Å²) in [6.45, 7) is 0.106. The van der Waals surface area contributed by atoms with Gasteiger partial charge in [0.2, 0.25) is 0 Å². The van der Waals surface area contributed by atoms with Crippen LogP contribution in [0.1, 0.15) is 15.9 Å². The molecule has 0 fully saturated rings. The number of primary amides is 1. The van der Waals surface area contributed by atoms with Gasteiger partial charge in [-0.15, -0.1) is 0 Å². The topological polar surface area (TPSA) is 99.9 Å². The van der Waals surface area contributed by atoms with Gasteiger partial charge in [0.05, 0.1) is 19.2 Å². The highest BCUT2D eigenvalue weighted by atomic mass is 35.5. The van der Waals surface area contributed by atoms with Gasteiger partial charge in [-0.3, -0.25) is 9.59 Å². The van der Waals surface area contributed by atoms with Crippen LogP contribution in [0.25, 0.3) is 0 Å². The lowest BCUT2D eigenvalue weighted by Crippen LogP contribution is -2.26. The molecule has 0 spiro atoms. The number of rotatable bonds is 9. The molecule has 0 unspecified atom stereocenters. The molecule has 0 aliphatic carbocycles. The van der Waals surface area contributed by atoms with Gasteiger partial charge in [-0.1, -0.05) is 23.7 Å². The molecule has 2 rings (SSSR count). The van der Waals surface area contributed by atoms with Crippen LogP contribution < -0.4 is 25.3 Å². The Morgan fingerprint density at radius 2 is 1.81 bits per heavy atom. The van der Waals surface area contributed by atoms with Crippen molar-refractivity contribution in [3.8, 4) is 17.2 Å². The summed E-state index contributed by atoms with van der Waals surface area (Å²) >= 11 is 6.15. The molecule has 27 heavy (non-hydrogen) atoms. The molecular weight excluding hydrogens is 372 g/mol. The highest BCUT2D eigenvalue weighted by Gasteiger charge is 2.16. The monoisotopic (exact) mass is 392 g/mol. The highest BCUT2D eigenvalue weighted by molar-refractivity contribution is 6.32. The molecule has 2 aromatic carbocycles. The van der Waals surface area contributed by atoms with E-state index in [1.54, 1.807) is 7.11 Å². The van der Waals surface area contributed by atoms with Gasteiger partial charge in [0, 0.05) is 12.1 Å². The fourth-order valence-corrected chi connectivity index (χ4v) is 2.61. The van der Waals surface area contributed by atoms with E-state index >= 15 is 0 Å². The molecule has 7 nitrogen and oxygen atoms in total. The second kappa shape index (κ2) is 9.68. The van der Waals surface area contributed by atoms with E-state index in [1.807, 2.05) is 24.3 Å². The van der Waals surface area contributed by atoms with Crippen LogP contribution in [0.2, 0.25) is 5.02 Å². The molecule has 0 saturated carbocycles. The van der Waals surface area contributed by atoms with Gasteiger partial charge in [0.1, 0.15) is 5.75 Å². The molecule has 0 atom stereocenters. The van der Waals surface area contributed by atoms with Crippen LogP contribution >= 0.6 is 11.6 Å². The third-order valence-electron chi connectivity index (χ3n) is 3.71. The molecular formula is C19H21ClN2O5. The first-order chi connectivity index (χ1) is 12.9. The predicted octanol–water partition coefficient (Wildman–Crippen LogP) is 2.19. The average molecular weight is 393 g/mol. The number of hydrogen-bond acceptors (Lipinski definition) is 5. The normalized spacial score (nSPS) is 10.2. The highest BCUT2D eigenvalue weighted by Crippen LogP contribution is 2.36. The van der Waals surface area contributed by atoms with Gasteiger partial charge in [-0.05, 0) is 36.2 Å². The lowest BCUT2D eigenvalue weighted by molar-refractivity contribution is -0.119. The minimum absolute atomic E-state index is 0.149. The Balaban J connectivity index is 2.00. The van der Waals surface area contributed by atoms with Crippen molar-refractivity contribution in [3.05, 3.63) is 52.5 Å². The van der Waals surface area contributed by atoms with E-state index in [-0.39, 0.29) is 29.0 Å². The molecule has 2 amide bonds. The fourth-order valence-electron chi connectivity index (χ4n) is 2.35. The van der Waals surface area contributed by atoms with E-state index in [9.17, 15) is 9.59 Å². The second-order valence-corrected chi connectivity index (χ2v) is 6.01. The molecule has 0 saturated heterocycles. The lowest BCUT2D eigenvalue weighted by atomic mass is 10.1. The number of hydrogen-bond donors (Lipinski definition) is 2. The van der Waals surface area contributed by atoms with Gasteiger partial charge in [0.25, 0.3) is 11.8 Å². The van der Waals surface area contributed by atoms with Crippen molar-refractivity contribution in [3.63, 3.8) is 0 Å². The van der Waals surface area contributed by atoms with Gasteiger partial charge in [-0.2, -0.15) is 0 Å². The Morgan fingerprint density at radius 3 is 2.41 bits per heavy atom. The molecule has 0 aromatic heterocycles. The summed E-state index contributed by atoms with van der Waals surface area (Å²) < 4.78 is 15.5. The predicted molar refractivity (Wildman–Crippen MR) is 102 cm³/mol. The summed E-state index contributed by atoms with van der Waals surface area (Å²) in [4.78, 5) is 23.2. The summed E-state index contributed by atoms with van der Waals surface area (Å²) in [6, 6.07) is 10.6. The first-order valence-electron chi connectivity index (χ1n) is 8.14. The van der Waals surface area contributed by atoms with E-state index < -0.39 is 5.91 Å². The summed E-state index contributed by atoms with van der Waals surface area (Å²) in [5.74, 6) is 0.235. The number of halogens is 1. The number of nitrogens with two attached hydrogens (primary N) is 1. The molecule has 2 aromatic rings. The zero-order valence-electron chi connectivity index (χ0n) is 15.1. The number of ether oxygens (including phenoxy) is 3. The minimum atomic E-state index is -0.645. The fraction of sp³-hybridized carbons (Fsp3) is 0.263. The number of nitrogens with one attached hydrogen (secondary N) is 1. The molecule has 0 heterocycles. The van der Waals surface area contributed by atoms with Crippen LogP contribution in [0.3, 0.4) is 0 Å². The summed E-state index contributed by atoms with van der Waals surface area (Å²) in [6.07, 6.45) is 0.667. The van der Waals surface area contributed by atoms with E-state index in [1.165, 1.54) is 19.2 Å². The maximum atomic E-state index is 12.4. The Labute approximate surface area is 162 Å². The van der Waals surface area contributed by atoms with Gasteiger partial charge in [-0.25, -0.2) is 0 Å². The molecule has 0 radical (unpaired) electrons. The van der Waals surface area contributed by atoms with Crippen molar-refractivity contribution in [1.82, 2.24) is 5.32 Å². The van der Waals surface area contributed by atoms with Gasteiger partial charge < -0.3 is 25.3 Å². The number of benzene rings is 2. The van der Waals surface area contributed by atoms with Crippen LogP contribution in [0, 0.1) is 0 Å². The standard InChI is InChI=1S/C19H21ClN2O5/c1-25-14-5-3-12(4-6-14)7-8-22-19(24)13-9-15(20)18(16(10-13)26-2)27-11-17(21)23/h3-6,9-10H,7-8,11H2,1-2H3,(H2,21,23)(H,22,24). The Kier molecular flexibility index (Phi) is 7.31. The largest absolute Gasteiger partial charge is 0.497 e. The molecule has 0 aliphatic heterocycles. The van der Waals surface area contributed by atoms with Crippen molar-refractivity contribution < 1.29 is 23.8 Å². The van der Waals surface area contributed by atoms with E-state index in [4.69, 9.17) is 31.5 Å². The number of carbonyl (C=O) groups excluding carboxylic acids is 2. The van der Waals surface area contributed by atoms with Crippen molar-refractivity contribution >= 4 is 23.4 Å². The van der Waals surface area contributed by atoms with Crippen LogP contribution in [0.15, 0.2) is 36.4 Å². The van der Waals surface area contributed by atoms with Crippen molar-refractivity contribution in [2.75, 3.05) is 27.4 Å². The number of amides is 2. The van der Waals surface area contributed by atoms with Crippen LogP contribution in [-0.2, 0) is 11.2 Å². The lowest BCUT2D eigenvalue weighted by Gasteiger charge is -2.13. The van der Waals surface area contributed by atoms with E-state index in [2.05, 4.69) is 5.32 Å². The number of carbonyl (C=O) groups is 2. The first-order valence-corrected chi connectivity index (χ1v) is 8.52. The maximum Gasteiger partial charge on any atom is 0.255 e. The third-order valence-corrected chi connectivity index (χ3v) is 3.99. The molecule has 8 heteroatoms. The SMILES string of the molecule is COc1ccc(CCNC(=O)c2cc(Cl)c(OCC(N)=O)c(OC)c2)cc1. The third kappa shape index (κ3) is 5.79.